The topological polar surface area (TPSA) is 56.9 Å². The number of methoxy groups -OCH3 is 1. The van der Waals surface area contributed by atoms with Gasteiger partial charge in [0.15, 0.2) is 0 Å². The van der Waals surface area contributed by atoms with Crippen LogP contribution in [-0.4, -0.2) is 45.6 Å². The van der Waals surface area contributed by atoms with Crippen LogP contribution in [0.4, 0.5) is 4.39 Å². The Kier molecular flexibility index (Phi) is 4.33. The second kappa shape index (κ2) is 6.78. The van der Waals surface area contributed by atoms with E-state index in [-0.39, 0.29) is 18.0 Å². The Hall–Kier alpha value is -2.51. The average molecular weight is 341 g/mol. The van der Waals surface area contributed by atoms with Crippen LogP contribution in [0, 0.1) is 5.82 Å². The Morgan fingerprint density at radius 3 is 3.00 bits per heavy atom. The van der Waals surface area contributed by atoms with Crippen molar-refractivity contribution in [3.8, 4) is 17.1 Å². The van der Waals surface area contributed by atoms with Crippen LogP contribution in [0.5, 0.6) is 0 Å². The van der Waals surface area contributed by atoms with Gasteiger partial charge in [0.25, 0.3) is 0 Å². The summed E-state index contributed by atoms with van der Waals surface area (Å²) in [5.41, 5.74) is 1.49. The number of aromatic nitrogens is 4. The Morgan fingerprint density at radius 1 is 1.28 bits per heavy atom. The largest absolute Gasteiger partial charge is 0.379 e. The van der Waals surface area contributed by atoms with Gasteiger partial charge in [-0.25, -0.2) is 14.1 Å². The van der Waals surface area contributed by atoms with Crippen molar-refractivity contribution >= 4 is 0 Å². The highest BCUT2D eigenvalue weighted by Gasteiger charge is 2.28. The van der Waals surface area contributed by atoms with E-state index in [1.807, 2.05) is 18.5 Å². The summed E-state index contributed by atoms with van der Waals surface area (Å²) in [6, 6.07) is 6.61. The van der Waals surface area contributed by atoms with Gasteiger partial charge in [-0.1, -0.05) is 0 Å². The summed E-state index contributed by atoms with van der Waals surface area (Å²) in [5.74, 6) is 0.409. The van der Waals surface area contributed by atoms with Crippen LogP contribution in [0.3, 0.4) is 0 Å². The van der Waals surface area contributed by atoms with Crippen LogP contribution in [0.2, 0.25) is 0 Å². The van der Waals surface area contributed by atoms with Crippen LogP contribution < -0.4 is 5.32 Å². The van der Waals surface area contributed by atoms with E-state index in [9.17, 15) is 4.39 Å². The van der Waals surface area contributed by atoms with E-state index in [0.29, 0.717) is 11.4 Å². The summed E-state index contributed by atoms with van der Waals surface area (Å²) in [5, 5.41) is 7.68. The van der Waals surface area contributed by atoms with Crippen molar-refractivity contribution in [1.29, 1.82) is 0 Å². The summed E-state index contributed by atoms with van der Waals surface area (Å²) < 4.78 is 23.5. The van der Waals surface area contributed by atoms with Gasteiger partial charge in [0.2, 0.25) is 0 Å². The van der Waals surface area contributed by atoms with Crippen LogP contribution in [0.1, 0.15) is 12.5 Å². The summed E-state index contributed by atoms with van der Waals surface area (Å²) in [7, 11) is 1.73. The minimum atomic E-state index is -0.300. The van der Waals surface area contributed by atoms with Crippen LogP contribution in [-0.2, 0) is 4.74 Å². The zero-order chi connectivity index (χ0) is 17.2. The van der Waals surface area contributed by atoms with E-state index in [1.54, 1.807) is 30.3 Å². The number of benzene rings is 1. The van der Waals surface area contributed by atoms with Gasteiger partial charge in [0.05, 0.1) is 17.8 Å². The smallest absolute Gasteiger partial charge is 0.142 e. The molecule has 6 nitrogen and oxygen atoms in total. The van der Waals surface area contributed by atoms with Crippen molar-refractivity contribution < 1.29 is 9.13 Å². The molecule has 130 valence electrons. The third kappa shape index (κ3) is 2.96. The van der Waals surface area contributed by atoms with E-state index >= 15 is 0 Å². The second-order valence-corrected chi connectivity index (χ2v) is 6.10. The van der Waals surface area contributed by atoms with Gasteiger partial charge in [-0.15, -0.1) is 0 Å². The molecule has 3 heterocycles. The highest BCUT2D eigenvalue weighted by molar-refractivity contribution is 5.68. The van der Waals surface area contributed by atoms with E-state index in [0.717, 1.165) is 25.2 Å². The molecule has 0 amide bonds. The van der Waals surface area contributed by atoms with Crippen molar-refractivity contribution in [2.45, 2.75) is 18.6 Å². The van der Waals surface area contributed by atoms with Gasteiger partial charge in [0.1, 0.15) is 11.6 Å². The second-order valence-electron chi connectivity index (χ2n) is 6.10. The summed E-state index contributed by atoms with van der Waals surface area (Å²) >= 11 is 0. The molecule has 1 aromatic carbocycles. The average Bonchev–Trinajstić information content (AvgIpc) is 3.33. The lowest BCUT2D eigenvalue weighted by molar-refractivity contribution is 0.0365. The molecular formula is C18H20FN5O. The number of halogens is 1. The number of hydrogen-bond donors (Lipinski definition) is 1. The van der Waals surface area contributed by atoms with Crippen molar-refractivity contribution in [1.82, 2.24) is 24.6 Å². The first-order valence-electron chi connectivity index (χ1n) is 8.34. The van der Waals surface area contributed by atoms with Crippen molar-refractivity contribution in [2.24, 2.45) is 0 Å². The monoisotopic (exact) mass is 341 g/mol. The lowest BCUT2D eigenvalue weighted by Gasteiger charge is -2.33. The van der Waals surface area contributed by atoms with E-state index in [2.05, 4.69) is 20.0 Å². The molecule has 0 saturated carbocycles. The molecule has 0 bridgehead atoms. The lowest BCUT2D eigenvalue weighted by Crippen LogP contribution is -2.42. The number of piperidine rings is 1. The SMILES string of the molecule is CO[C@H]1CCNC[C@H]1n1ccnc1-c1cc(F)ccc1-n1cccn1. The van der Waals surface area contributed by atoms with Gasteiger partial charge in [0, 0.05) is 44.0 Å². The van der Waals surface area contributed by atoms with Crippen LogP contribution >= 0.6 is 0 Å². The van der Waals surface area contributed by atoms with Gasteiger partial charge in [-0.05, 0) is 37.2 Å². The molecule has 2 atom stereocenters. The maximum absolute atomic E-state index is 14.0. The standard InChI is InChI=1S/C18H20FN5O/c1-25-17-5-7-20-12-16(17)23-10-8-21-18(23)14-11-13(19)3-4-15(14)24-9-2-6-22-24/h2-4,6,8-11,16-17,20H,5,7,12H2,1H3/t16-,17+/m1/s1. The molecule has 0 unspecified atom stereocenters. The molecule has 1 saturated heterocycles. The lowest BCUT2D eigenvalue weighted by atomic mass is 10.0. The molecule has 0 radical (unpaired) electrons. The van der Waals surface area contributed by atoms with Crippen molar-refractivity contribution in [3.05, 3.63) is 54.9 Å². The number of ether oxygens (including phenoxy) is 1. The highest BCUT2D eigenvalue weighted by Crippen LogP contribution is 2.30. The summed E-state index contributed by atoms with van der Waals surface area (Å²) in [4.78, 5) is 4.51. The molecule has 1 fully saturated rings. The summed E-state index contributed by atoms with van der Waals surface area (Å²) in [6.45, 7) is 1.71. The maximum atomic E-state index is 14.0. The highest BCUT2D eigenvalue weighted by atomic mass is 19.1. The zero-order valence-electron chi connectivity index (χ0n) is 14.0. The normalized spacial score (nSPS) is 20.7. The number of nitrogens with one attached hydrogen (secondary N) is 1. The van der Waals surface area contributed by atoms with Crippen LogP contribution in [0.15, 0.2) is 49.1 Å². The van der Waals surface area contributed by atoms with Gasteiger partial charge in [-0.3, -0.25) is 0 Å². The molecule has 1 aliphatic rings. The zero-order valence-corrected chi connectivity index (χ0v) is 14.0. The first-order chi connectivity index (χ1) is 12.3. The third-order valence-electron chi connectivity index (χ3n) is 4.67. The first kappa shape index (κ1) is 16.0. The van der Waals surface area contributed by atoms with Crippen LogP contribution in [0.25, 0.3) is 17.1 Å². The molecule has 7 heteroatoms. The number of hydrogen-bond acceptors (Lipinski definition) is 4. The van der Waals surface area contributed by atoms with E-state index < -0.39 is 0 Å². The fraction of sp³-hybridized carbons (Fsp3) is 0.333. The quantitative estimate of drug-likeness (QED) is 0.792. The Bertz CT molecular complexity index is 845. The van der Waals surface area contributed by atoms with E-state index in [1.165, 1.54) is 12.1 Å². The minimum Gasteiger partial charge on any atom is -0.379 e. The third-order valence-corrected chi connectivity index (χ3v) is 4.67. The van der Waals surface area contributed by atoms with Crippen molar-refractivity contribution in [2.75, 3.05) is 20.2 Å². The molecule has 2 aromatic heterocycles. The van der Waals surface area contributed by atoms with Gasteiger partial charge >= 0.3 is 0 Å². The maximum Gasteiger partial charge on any atom is 0.142 e. The molecule has 1 N–H and O–H groups in total. The Morgan fingerprint density at radius 2 is 2.20 bits per heavy atom. The molecule has 3 aromatic rings. The van der Waals surface area contributed by atoms with Crippen molar-refractivity contribution in [3.63, 3.8) is 0 Å². The molecule has 0 aliphatic carbocycles. The molecule has 25 heavy (non-hydrogen) atoms. The number of nitrogens with zero attached hydrogens (tertiary/aromatic N) is 4. The Labute approximate surface area is 145 Å². The van der Waals surface area contributed by atoms with Gasteiger partial charge < -0.3 is 14.6 Å². The van der Waals surface area contributed by atoms with E-state index in [4.69, 9.17) is 4.74 Å². The summed E-state index contributed by atoms with van der Waals surface area (Å²) in [6.07, 6.45) is 8.23. The fourth-order valence-electron chi connectivity index (χ4n) is 3.46. The molecule has 1 aliphatic heterocycles. The molecular weight excluding hydrogens is 321 g/mol. The minimum absolute atomic E-state index is 0.0934. The predicted octanol–water partition coefficient (Wildman–Crippen LogP) is 2.42. The fourth-order valence-corrected chi connectivity index (χ4v) is 3.46. The number of imidazole rings is 1. The number of rotatable bonds is 4. The molecule has 4 rings (SSSR count). The Balaban J connectivity index is 1.82. The predicted molar refractivity (Wildman–Crippen MR) is 92.1 cm³/mol. The molecule has 0 spiro atoms. The first-order valence-corrected chi connectivity index (χ1v) is 8.34. The van der Waals surface area contributed by atoms with Gasteiger partial charge in [-0.2, -0.15) is 5.10 Å².